The topological polar surface area (TPSA) is 118 Å². The molecule has 11 heteroatoms. The second kappa shape index (κ2) is 13.4. The Morgan fingerprint density at radius 1 is 1.17 bits per heavy atom. The molecule has 3 unspecified atom stereocenters. The molecule has 4 heterocycles. The van der Waals surface area contributed by atoms with Crippen molar-refractivity contribution >= 4 is 40.6 Å². The number of hydrogen-bond donors (Lipinski definition) is 1. The summed E-state index contributed by atoms with van der Waals surface area (Å²) < 4.78 is 6.54. The fourth-order valence-electron chi connectivity index (χ4n) is 7.76. The van der Waals surface area contributed by atoms with Gasteiger partial charge in [-0.3, -0.25) is 14.4 Å². The fourth-order valence-corrected chi connectivity index (χ4v) is 10.2. The Morgan fingerprint density at radius 3 is 2.67 bits per heavy atom. The van der Waals surface area contributed by atoms with Gasteiger partial charge >= 0.3 is 5.97 Å². The molecule has 0 aliphatic carbocycles. The number of esters is 1. The molecule has 6 rings (SSSR count). The van der Waals surface area contributed by atoms with E-state index in [0.717, 1.165) is 17.5 Å². The molecular weight excluding hydrogens is 602 g/mol. The number of allylic oxidation sites excluding steroid dienone is 1. The van der Waals surface area contributed by atoms with E-state index in [-0.39, 0.29) is 55.4 Å². The number of unbranched alkanes of at least 4 members (excludes halogenated alkanes) is 1. The van der Waals surface area contributed by atoms with Crippen LogP contribution in [-0.4, -0.2) is 89.5 Å². The Bertz CT molecular complexity index is 1610. The average molecular weight is 644 g/mol. The van der Waals surface area contributed by atoms with Crippen LogP contribution in [0.2, 0.25) is 0 Å². The lowest BCUT2D eigenvalue weighted by atomic mass is 9.66. The van der Waals surface area contributed by atoms with Gasteiger partial charge in [0.05, 0.1) is 41.4 Å². The minimum absolute atomic E-state index is 0.0333. The van der Waals surface area contributed by atoms with E-state index in [9.17, 15) is 14.7 Å². The third-order valence-electron chi connectivity index (χ3n) is 9.79. The van der Waals surface area contributed by atoms with Gasteiger partial charge in [0.1, 0.15) is 18.2 Å². The molecule has 2 amide bonds. The minimum atomic E-state index is -0.913. The van der Waals surface area contributed by atoms with Crippen LogP contribution in [0.5, 0.6) is 0 Å². The molecular formula is C35H41N5O5S. The lowest BCUT2D eigenvalue weighted by molar-refractivity contribution is -0.155. The third-order valence-corrected chi connectivity index (χ3v) is 11.9. The number of carbonyl (C=O) groups excluding carboxylic acids is 3. The lowest BCUT2D eigenvalue weighted by Gasteiger charge is -2.42. The van der Waals surface area contributed by atoms with Crippen LogP contribution in [0, 0.1) is 17.8 Å². The van der Waals surface area contributed by atoms with Crippen LogP contribution in [-0.2, 0) is 32.2 Å². The zero-order valence-electron chi connectivity index (χ0n) is 26.1. The number of ether oxygens (including phenoxy) is 1. The Labute approximate surface area is 273 Å². The van der Waals surface area contributed by atoms with Crippen molar-refractivity contribution in [3.05, 3.63) is 85.5 Å². The molecule has 3 saturated heterocycles. The Kier molecular flexibility index (Phi) is 9.33. The van der Waals surface area contributed by atoms with E-state index in [1.807, 2.05) is 54.6 Å². The first kappa shape index (κ1) is 32.0. The van der Waals surface area contributed by atoms with Gasteiger partial charge in [0.2, 0.25) is 11.8 Å². The maximum Gasteiger partial charge on any atom is 0.310 e. The van der Waals surface area contributed by atoms with Crippen LogP contribution in [0.3, 0.4) is 0 Å². The molecule has 10 nitrogen and oxygen atoms in total. The number of thioether (sulfide) groups is 1. The molecule has 2 aromatic carbocycles. The van der Waals surface area contributed by atoms with Crippen LogP contribution in [0.1, 0.15) is 31.7 Å². The van der Waals surface area contributed by atoms with Crippen molar-refractivity contribution in [1.82, 2.24) is 24.8 Å². The minimum Gasteiger partial charge on any atom is -0.465 e. The van der Waals surface area contributed by atoms with Crippen molar-refractivity contribution in [3.8, 4) is 0 Å². The highest BCUT2D eigenvalue weighted by Crippen LogP contribution is 2.69. The highest BCUT2D eigenvalue weighted by atomic mass is 32.2. The fraction of sp³-hybridized carbons (Fsp3) is 0.457. The van der Waals surface area contributed by atoms with Gasteiger partial charge in [-0.2, -0.15) is 0 Å². The van der Waals surface area contributed by atoms with Crippen molar-refractivity contribution in [2.24, 2.45) is 17.8 Å². The number of rotatable bonds is 14. The average Bonchev–Trinajstić information content (AvgIpc) is 3.79. The van der Waals surface area contributed by atoms with Gasteiger partial charge < -0.3 is 19.6 Å². The molecule has 0 saturated carbocycles. The van der Waals surface area contributed by atoms with E-state index in [4.69, 9.17) is 4.74 Å². The van der Waals surface area contributed by atoms with Crippen molar-refractivity contribution in [2.75, 3.05) is 19.8 Å². The Morgan fingerprint density at radius 2 is 1.93 bits per heavy atom. The zero-order chi connectivity index (χ0) is 32.4. The predicted octanol–water partition coefficient (Wildman–Crippen LogP) is 3.85. The highest BCUT2D eigenvalue weighted by Gasteiger charge is 2.77. The van der Waals surface area contributed by atoms with Crippen LogP contribution in [0.4, 0.5) is 0 Å². The molecule has 7 atom stereocenters. The van der Waals surface area contributed by atoms with Gasteiger partial charge in [-0.1, -0.05) is 66.8 Å². The first-order valence-corrected chi connectivity index (χ1v) is 16.8. The second-order valence-corrected chi connectivity index (χ2v) is 14.0. The van der Waals surface area contributed by atoms with Crippen LogP contribution < -0.4 is 0 Å². The summed E-state index contributed by atoms with van der Waals surface area (Å²) >= 11 is 1.59. The number of para-hydroxylation sites is 1. The smallest absolute Gasteiger partial charge is 0.310 e. The first-order chi connectivity index (χ1) is 22.3. The van der Waals surface area contributed by atoms with Gasteiger partial charge in [-0.05, 0) is 49.3 Å². The molecule has 46 heavy (non-hydrogen) atoms. The monoisotopic (exact) mass is 643 g/mol. The predicted molar refractivity (Wildman–Crippen MR) is 176 cm³/mol. The summed E-state index contributed by atoms with van der Waals surface area (Å²) in [5.41, 5.74) is 2.43. The van der Waals surface area contributed by atoms with Gasteiger partial charge in [0.15, 0.2) is 0 Å². The summed E-state index contributed by atoms with van der Waals surface area (Å²) in [5, 5.41) is 19.2. The molecule has 3 aromatic rings. The zero-order valence-corrected chi connectivity index (χ0v) is 26.9. The maximum atomic E-state index is 15.0. The van der Waals surface area contributed by atoms with Crippen molar-refractivity contribution in [1.29, 1.82) is 0 Å². The molecule has 242 valence electrons. The third kappa shape index (κ3) is 5.43. The maximum absolute atomic E-state index is 15.0. The normalized spacial score (nSPS) is 27.0. The lowest BCUT2D eigenvalue weighted by Crippen LogP contribution is -2.59. The van der Waals surface area contributed by atoms with Crippen LogP contribution >= 0.6 is 11.8 Å². The van der Waals surface area contributed by atoms with E-state index in [1.54, 1.807) is 38.4 Å². The summed E-state index contributed by atoms with van der Waals surface area (Å²) in [4.78, 5) is 46.7. The van der Waals surface area contributed by atoms with Gasteiger partial charge in [-0.25, -0.2) is 4.68 Å². The number of nitrogens with zero attached hydrogens (tertiary/aromatic N) is 5. The Hall–Kier alpha value is -3.96. The number of benzene rings is 2. The number of aromatic nitrogens is 3. The summed E-state index contributed by atoms with van der Waals surface area (Å²) in [7, 11) is 0. The number of hydrogen-bond acceptors (Lipinski definition) is 8. The van der Waals surface area contributed by atoms with E-state index >= 15 is 4.79 Å². The SMILES string of the molecule is C=CCCCOC(=O)[C@@H]1[C@H]2C(=O)N([C@@H](CO)Cc3ccccc3)C(C(=O)N(CC=C)Cn3nnc4ccccc43)C23S[C@@H]1CC3C. The second-order valence-electron chi connectivity index (χ2n) is 12.5. The van der Waals surface area contributed by atoms with Gasteiger partial charge in [0, 0.05) is 11.8 Å². The van der Waals surface area contributed by atoms with Gasteiger partial charge in [-0.15, -0.1) is 30.0 Å². The molecule has 1 spiro atoms. The number of amides is 2. The molecule has 2 bridgehead atoms. The molecule has 1 N–H and O–H groups in total. The largest absolute Gasteiger partial charge is 0.465 e. The van der Waals surface area contributed by atoms with E-state index in [1.165, 1.54) is 0 Å². The van der Waals surface area contributed by atoms with Crippen molar-refractivity contribution in [3.63, 3.8) is 0 Å². The van der Waals surface area contributed by atoms with Crippen molar-refractivity contribution in [2.45, 2.75) is 61.4 Å². The summed E-state index contributed by atoms with van der Waals surface area (Å²) in [5.74, 6) is -2.36. The number of carbonyl (C=O) groups is 3. The molecule has 1 aromatic heterocycles. The summed E-state index contributed by atoms with van der Waals surface area (Å²) in [6.45, 7) is 9.96. The summed E-state index contributed by atoms with van der Waals surface area (Å²) in [6.07, 6.45) is 5.88. The van der Waals surface area contributed by atoms with Crippen LogP contribution in [0.25, 0.3) is 11.0 Å². The first-order valence-electron chi connectivity index (χ1n) is 16.0. The number of likely N-dealkylation sites (tertiary alicyclic amines) is 1. The number of aliphatic hydroxyl groups is 1. The summed E-state index contributed by atoms with van der Waals surface area (Å²) in [6, 6.07) is 15.6. The van der Waals surface area contributed by atoms with E-state index in [2.05, 4.69) is 30.4 Å². The van der Waals surface area contributed by atoms with Crippen LogP contribution in [0.15, 0.2) is 79.9 Å². The standard InChI is InChI=1S/C35H41N5O5S/c1-4-6-12-18-45-34(44)29-28-19-23(3)35(46-28)30(29)32(42)40(25(21-41)20-24-13-8-7-9-14-24)31(35)33(43)38(17-5-2)22-39-27-16-11-10-15-26(27)36-37-39/h4-5,7-11,13-16,23,25,28-31,41H,1-2,6,12,17-22H2,3H3/t23?,25-,28-,29+,30+,31?,35?/m1/s1. The molecule has 0 radical (unpaired) electrons. The van der Waals surface area contributed by atoms with E-state index < -0.39 is 28.7 Å². The Balaban J connectivity index is 1.40. The van der Waals surface area contributed by atoms with Crippen molar-refractivity contribution < 1.29 is 24.2 Å². The quantitative estimate of drug-likeness (QED) is 0.160. The number of fused-ring (bicyclic) bond motifs is 2. The molecule has 3 aliphatic rings. The highest BCUT2D eigenvalue weighted by molar-refractivity contribution is 8.02. The molecule has 3 aliphatic heterocycles. The molecule has 3 fully saturated rings. The number of aliphatic hydroxyl groups excluding tert-OH is 1. The van der Waals surface area contributed by atoms with E-state index in [0.29, 0.717) is 24.8 Å². The van der Waals surface area contributed by atoms with Gasteiger partial charge in [0.25, 0.3) is 0 Å².